The van der Waals surface area contributed by atoms with Crippen molar-refractivity contribution in [2.75, 3.05) is 14.1 Å². The van der Waals surface area contributed by atoms with Gasteiger partial charge in [-0.25, -0.2) is 4.98 Å². The second-order valence-electron chi connectivity index (χ2n) is 6.12. The van der Waals surface area contributed by atoms with Crippen molar-refractivity contribution in [3.63, 3.8) is 0 Å². The minimum atomic E-state index is -0.395. The van der Waals surface area contributed by atoms with Gasteiger partial charge in [0, 0.05) is 18.8 Å². The van der Waals surface area contributed by atoms with Crippen LogP contribution in [0.4, 0.5) is 5.69 Å². The van der Waals surface area contributed by atoms with Gasteiger partial charge < -0.3 is 9.64 Å². The van der Waals surface area contributed by atoms with Crippen LogP contribution in [0.15, 0.2) is 42.6 Å². The SMILES string of the molecule is Cc1nc2c(OCc3ccccc3[N+](=O)[O-])cccn2c1CN(C)C. The van der Waals surface area contributed by atoms with Gasteiger partial charge >= 0.3 is 0 Å². The second kappa shape index (κ2) is 6.90. The van der Waals surface area contributed by atoms with E-state index in [2.05, 4.69) is 9.88 Å². The summed E-state index contributed by atoms with van der Waals surface area (Å²) in [5.41, 5.74) is 3.34. The van der Waals surface area contributed by atoms with Crippen molar-refractivity contribution >= 4 is 11.3 Å². The molecule has 0 aliphatic carbocycles. The summed E-state index contributed by atoms with van der Waals surface area (Å²) in [6.45, 7) is 2.85. The van der Waals surface area contributed by atoms with Gasteiger partial charge in [-0.15, -0.1) is 0 Å². The van der Waals surface area contributed by atoms with Gasteiger partial charge in [0.2, 0.25) is 0 Å². The number of nitro benzene ring substituents is 1. The lowest BCUT2D eigenvalue weighted by molar-refractivity contribution is -0.385. The Labute approximate surface area is 145 Å². The number of imidazole rings is 1. The largest absolute Gasteiger partial charge is 0.485 e. The van der Waals surface area contributed by atoms with Gasteiger partial charge in [0.05, 0.1) is 21.9 Å². The molecule has 0 bridgehead atoms. The number of rotatable bonds is 6. The van der Waals surface area contributed by atoms with Crippen molar-refractivity contribution in [1.29, 1.82) is 0 Å². The summed E-state index contributed by atoms with van der Waals surface area (Å²) in [5, 5.41) is 11.1. The normalized spacial score (nSPS) is 11.2. The average molecular weight is 340 g/mol. The first-order valence-electron chi connectivity index (χ1n) is 7.93. The van der Waals surface area contributed by atoms with Crippen LogP contribution in [0.5, 0.6) is 5.75 Å². The molecule has 0 saturated carbocycles. The summed E-state index contributed by atoms with van der Waals surface area (Å²) in [6.07, 6.45) is 1.95. The van der Waals surface area contributed by atoms with E-state index in [0.29, 0.717) is 11.3 Å². The average Bonchev–Trinajstić information content (AvgIpc) is 2.89. The van der Waals surface area contributed by atoms with Crippen molar-refractivity contribution in [3.8, 4) is 5.75 Å². The van der Waals surface area contributed by atoms with Crippen molar-refractivity contribution < 1.29 is 9.66 Å². The predicted octanol–water partition coefficient (Wildman–Crippen LogP) is 3.19. The van der Waals surface area contributed by atoms with Gasteiger partial charge in [-0.3, -0.25) is 14.5 Å². The monoisotopic (exact) mass is 340 g/mol. The number of aromatic nitrogens is 2. The smallest absolute Gasteiger partial charge is 0.276 e. The minimum Gasteiger partial charge on any atom is -0.485 e. The first-order valence-corrected chi connectivity index (χ1v) is 7.93. The molecule has 0 saturated heterocycles. The number of ether oxygens (including phenoxy) is 1. The molecule has 0 fully saturated rings. The van der Waals surface area contributed by atoms with E-state index in [1.165, 1.54) is 6.07 Å². The third-order valence-corrected chi connectivity index (χ3v) is 3.95. The molecular weight excluding hydrogens is 320 g/mol. The molecule has 0 aliphatic heterocycles. The summed E-state index contributed by atoms with van der Waals surface area (Å²) >= 11 is 0. The molecule has 0 N–H and O–H groups in total. The number of pyridine rings is 1. The summed E-state index contributed by atoms with van der Waals surface area (Å²) in [5.74, 6) is 0.605. The molecule has 0 spiro atoms. The van der Waals surface area contributed by atoms with Gasteiger partial charge in [0.25, 0.3) is 5.69 Å². The van der Waals surface area contributed by atoms with E-state index < -0.39 is 4.92 Å². The van der Waals surface area contributed by atoms with E-state index >= 15 is 0 Å². The van der Waals surface area contributed by atoms with E-state index in [0.717, 1.165) is 23.6 Å². The minimum absolute atomic E-state index is 0.0577. The Balaban J connectivity index is 1.92. The zero-order chi connectivity index (χ0) is 18.0. The van der Waals surface area contributed by atoms with Crippen LogP contribution in [0.25, 0.3) is 5.65 Å². The molecule has 0 amide bonds. The fourth-order valence-electron chi connectivity index (χ4n) is 2.77. The van der Waals surface area contributed by atoms with Crippen LogP contribution in [0.3, 0.4) is 0 Å². The number of aryl methyl sites for hydroxylation is 1. The molecular formula is C18H20N4O3. The Morgan fingerprint density at radius 2 is 2.00 bits per heavy atom. The number of fused-ring (bicyclic) bond motifs is 1. The van der Waals surface area contributed by atoms with Crippen LogP contribution in [0, 0.1) is 17.0 Å². The van der Waals surface area contributed by atoms with Crippen LogP contribution in [0.1, 0.15) is 17.0 Å². The van der Waals surface area contributed by atoms with Crippen molar-refractivity contribution in [3.05, 3.63) is 69.7 Å². The maximum absolute atomic E-state index is 11.1. The summed E-state index contributed by atoms with van der Waals surface area (Å²) < 4.78 is 7.87. The lowest BCUT2D eigenvalue weighted by Gasteiger charge is -2.11. The molecule has 1 aromatic carbocycles. The number of benzene rings is 1. The maximum atomic E-state index is 11.1. The fraction of sp³-hybridized carbons (Fsp3) is 0.278. The highest BCUT2D eigenvalue weighted by molar-refractivity contribution is 5.56. The zero-order valence-corrected chi connectivity index (χ0v) is 14.5. The van der Waals surface area contributed by atoms with Crippen molar-refractivity contribution in [1.82, 2.24) is 14.3 Å². The number of nitro groups is 1. The Kier molecular flexibility index (Phi) is 4.67. The highest BCUT2D eigenvalue weighted by Gasteiger charge is 2.16. The first kappa shape index (κ1) is 16.9. The Morgan fingerprint density at radius 1 is 1.24 bits per heavy atom. The van der Waals surface area contributed by atoms with E-state index in [-0.39, 0.29) is 12.3 Å². The van der Waals surface area contributed by atoms with E-state index in [1.54, 1.807) is 18.2 Å². The maximum Gasteiger partial charge on any atom is 0.276 e. The highest BCUT2D eigenvalue weighted by atomic mass is 16.6. The molecule has 2 heterocycles. The van der Waals surface area contributed by atoms with Crippen LogP contribution < -0.4 is 4.74 Å². The van der Waals surface area contributed by atoms with Crippen molar-refractivity contribution in [2.45, 2.75) is 20.1 Å². The van der Waals surface area contributed by atoms with Crippen molar-refractivity contribution in [2.24, 2.45) is 0 Å². The molecule has 3 aromatic rings. The molecule has 0 atom stereocenters. The molecule has 7 nitrogen and oxygen atoms in total. The van der Waals surface area contributed by atoms with Gasteiger partial charge in [-0.2, -0.15) is 0 Å². The van der Waals surface area contributed by atoms with E-state index in [9.17, 15) is 10.1 Å². The van der Waals surface area contributed by atoms with Gasteiger partial charge in [-0.05, 0) is 39.2 Å². The van der Waals surface area contributed by atoms with Gasteiger partial charge in [-0.1, -0.05) is 12.1 Å². The lowest BCUT2D eigenvalue weighted by atomic mass is 10.2. The number of nitrogens with zero attached hydrogens (tertiary/aromatic N) is 4. The summed E-state index contributed by atoms with van der Waals surface area (Å²) in [6, 6.07) is 10.3. The van der Waals surface area contributed by atoms with E-state index in [4.69, 9.17) is 4.74 Å². The summed E-state index contributed by atoms with van der Waals surface area (Å²) in [7, 11) is 4.02. The highest BCUT2D eigenvalue weighted by Crippen LogP contribution is 2.25. The molecule has 7 heteroatoms. The van der Waals surface area contributed by atoms with Crippen LogP contribution in [0.2, 0.25) is 0 Å². The molecule has 0 radical (unpaired) electrons. The van der Waals surface area contributed by atoms with Crippen LogP contribution in [-0.4, -0.2) is 33.3 Å². The quantitative estimate of drug-likeness (QED) is 0.509. The standard InChI is InChI=1S/C18H20N4O3/c1-13-16(11-20(2)3)21-10-6-9-17(18(21)19-13)25-12-14-7-4-5-8-15(14)22(23)24/h4-10H,11-12H2,1-3H3. The summed E-state index contributed by atoms with van der Waals surface area (Å²) in [4.78, 5) is 17.4. The lowest BCUT2D eigenvalue weighted by Crippen LogP contribution is -2.13. The third-order valence-electron chi connectivity index (χ3n) is 3.95. The molecule has 0 unspecified atom stereocenters. The molecule has 3 rings (SSSR count). The number of para-hydroxylation sites is 1. The molecule has 0 aliphatic rings. The second-order valence-corrected chi connectivity index (χ2v) is 6.12. The zero-order valence-electron chi connectivity index (χ0n) is 14.5. The Hall–Kier alpha value is -2.93. The molecule has 25 heavy (non-hydrogen) atoms. The first-order chi connectivity index (χ1) is 12.0. The van der Waals surface area contributed by atoms with Gasteiger partial charge in [0.1, 0.15) is 6.61 Å². The predicted molar refractivity (Wildman–Crippen MR) is 94.7 cm³/mol. The van der Waals surface area contributed by atoms with E-state index in [1.807, 2.05) is 43.7 Å². The number of hydrogen-bond acceptors (Lipinski definition) is 5. The Morgan fingerprint density at radius 3 is 2.72 bits per heavy atom. The van der Waals surface area contributed by atoms with Crippen LogP contribution in [-0.2, 0) is 13.2 Å². The fourth-order valence-corrected chi connectivity index (χ4v) is 2.77. The van der Waals surface area contributed by atoms with Gasteiger partial charge in [0.15, 0.2) is 11.4 Å². The third kappa shape index (κ3) is 3.46. The van der Waals surface area contributed by atoms with Crippen LogP contribution >= 0.6 is 0 Å². The molecule has 2 aromatic heterocycles. The number of hydrogen-bond donors (Lipinski definition) is 0. The molecule has 130 valence electrons. The Bertz CT molecular complexity index is 918. The topological polar surface area (TPSA) is 72.9 Å².